The number of nitrogens with one attached hydrogen (secondary N) is 1. The summed E-state index contributed by atoms with van der Waals surface area (Å²) in [6, 6.07) is 7.28. The number of esters is 1. The molecule has 2 rings (SSSR count). The molecule has 0 heterocycles. The minimum atomic E-state index is -1.27. The van der Waals surface area contributed by atoms with Crippen LogP contribution in [0.15, 0.2) is 30.3 Å². The number of benzene rings is 2. The summed E-state index contributed by atoms with van der Waals surface area (Å²) >= 11 is 11.5. The highest BCUT2D eigenvalue weighted by Crippen LogP contribution is 2.22. The number of hydrogen-bond acceptors (Lipinski definition) is 4. The topological polar surface area (TPSA) is 79.2 Å². The van der Waals surface area contributed by atoms with Crippen molar-refractivity contribution in [2.45, 2.75) is 0 Å². The molecule has 25 heavy (non-hydrogen) atoms. The number of amides is 1. The van der Waals surface area contributed by atoms with Crippen molar-refractivity contribution in [3.63, 3.8) is 0 Å². The van der Waals surface area contributed by atoms with Gasteiger partial charge in [0.05, 0.1) is 21.2 Å². The predicted octanol–water partition coefficient (Wildman–Crippen LogP) is 3.94. The van der Waals surface area contributed by atoms with E-state index in [4.69, 9.17) is 33.2 Å². The molecular weight excluding hydrogens is 377 g/mol. The molecule has 0 fully saturated rings. The molecule has 5 nitrogen and oxygen atoms in total. The highest BCUT2D eigenvalue weighted by molar-refractivity contribution is 6.33. The molecule has 0 aromatic heterocycles. The van der Waals surface area contributed by atoms with Crippen LogP contribution in [0.5, 0.6) is 0 Å². The fourth-order valence-electron chi connectivity index (χ4n) is 1.77. The first-order valence-corrected chi connectivity index (χ1v) is 7.38. The Hall–Kier alpha value is -2.69. The maximum Gasteiger partial charge on any atom is 0.340 e. The largest absolute Gasteiger partial charge is 0.452 e. The van der Waals surface area contributed by atoms with E-state index in [1.807, 2.05) is 6.07 Å². The van der Waals surface area contributed by atoms with Crippen LogP contribution in [0.1, 0.15) is 15.9 Å². The molecule has 0 aliphatic rings. The van der Waals surface area contributed by atoms with Crippen molar-refractivity contribution in [3.05, 3.63) is 63.1 Å². The standard InChI is InChI=1S/C16H8Cl2F2N2O3/c17-11-3-9(2-1-8(11)6-21)22-15(23)7-25-16(24)10-4-13(19)14(20)5-12(10)18/h1-5H,7H2,(H,22,23). The third-order valence-electron chi connectivity index (χ3n) is 2.94. The molecule has 128 valence electrons. The van der Waals surface area contributed by atoms with Gasteiger partial charge in [-0.2, -0.15) is 5.26 Å². The molecular formula is C16H8Cl2F2N2O3. The molecule has 0 atom stereocenters. The van der Waals surface area contributed by atoms with Crippen LogP contribution in [0.25, 0.3) is 0 Å². The minimum absolute atomic E-state index is 0.144. The zero-order valence-corrected chi connectivity index (χ0v) is 13.8. The van der Waals surface area contributed by atoms with Crippen LogP contribution in [0, 0.1) is 23.0 Å². The van der Waals surface area contributed by atoms with Crippen LogP contribution in [0.2, 0.25) is 10.0 Å². The fourth-order valence-corrected chi connectivity index (χ4v) is 2.22. The van der Waals surface area contributed by atoms with Gasteiger partial charge in [0, 0.05) is 5.69 Å². The van der Waals surface area contributed by atoms with Gasteiger partial charge in [-0.15, -0.1) is 0 Å². The van der Waals surface area contributed by atoms with E-state index < -0.39 is 35.7 Å². The Kier molecular flexibility index (Phi) is 5.91. The lowest BCUT2D eigenvalue weighted by atomic mass is 10.2. The van der Waals surface area contributed by atoms with Crippen LogP contribution in [-0.4, -0.2) is 18.5 Å². The molecule has 0 saturated carbocycles. The van der Waals surface area contributed by atoms with Gasteiger partial charge in [-0.1, -0.05) is 23.2 Å². The van der Waals surface area contributed by atoms with Crippen LogP contribution < -0.4 is 5.32 Å². The van der Waals surface area contributed by atoms with Gasteiger partial charge < -0.3 is 10.1 Å². The molecule has 0 aliphatic heterocycles. The van der Waals surface area contributed by atoms with Gasteiger partial charge in [0.25, 0.3) is 5.91 Å². The zero-order chi connectivity index (χ0) is 18.6. The van der Waals surface area contributed by atoms with E-state index in [-0.39, 0.29) is 21.3 Å². The summed E-state index contributed by atoms with van der Waals surface area (Å²) in [5.41, 5.74) is 0.116. The van der Waals surface area contributed by atoms with E-state index in [1.54, 1.807) is 0 Å². The van der Waals surface area contributed by atoms with Crippen LogP contribution in [0.4, 0.5) is 14.5 Å². The SMILES string of the molecule is N#Cc1ccc(NC(=O)COC(=O)c2cc(F)c(F)cc2Cl)cc1Cl. The lowest BCUT2D eigenvalue weighted by molar-refractivity contribution is -0.119. The third kappa shape index (κ3) is 4.66. The third-order valence-corrected chi connectivity index (χ3v) is 3.56. The number of ether oxygens (including phenoxy) is 1. The number of nitriles is 1. The first kappa shape index (κ1) is 18.6. The van der Waals surface area contributed by atoms with Gasteiger partial charge >= 0.3 is 5.97 Å². The van der Waals surface area contributed by atoms with Gasteiger partial charge in [-0.3, -0.25) is 4.79 Å². The monoisotopic (exact) mass is 384 g/mol. The van der Waals surface area contributed by atoms with E-state index in [0.29, 0.717) is 12.1 Å². The lowest BCUT2D eigenvalue weighted by Gasteiger charge is -2.08. The number of carbonyl (C=O) groups excluding carboxylic acids is 2. The van der Waals surface area contributed by atoms with E-state index in [1.165, 1.54) is 18.2 Å². The first-order chi connectivity index (χ1) is 11.8. The van der Waals surface area contributed by atoms with Crippen LogP contribution in [-0.2, 0) is 9.53 Å². The van der Waals surface area contributed by atoms with Crippen molar-refractivity contribution < 1.29 is 23.1 Å². The average molecular weight is 385 g/mol. The van der Waals surface area contributed by atoms with Crippen LogP contribution in [0.3, 0.4) is 0 Å². The molecule has 9 heteroatoms. The summed E-state index contributed by atoms with van der Waals surface area (Å²) in [6.07, 6.45) is 0. The van der Waals surface area contributed by atoms with E-state index in [9.17, 15) is 18.4 Å². The van der Waals surface area contributed by atoms with Gasteiger partial charge in [0.2, 0.25) is 0 Å². The molecule has 0 aliphatic carbocycles. The lowest BCUT2D eigenvalue weighted by Crippen LogP contribution is -2.21. The van der Waals surface area contributed by atoms with Crippen molar-refractivity contribution in [3.8, 4) is 6.07 Å². The number of hydrogen-bond donors (Lipinski definition) is 1. The Bertz CT molecular complexity index is 898. The summed E-state index contributed by atoms with van der Waals surface area (Å²) in [5.74, 6) is -4.27. The molecule has 2 aromatic rings. The summed E-state index contributed by atoms with van der Waals surface area (Å²) in [5, 5.41) is 11.0. The van der Waals surface area contributed by atoms with Crippen molar-refractivity contribution >= 4 is 40.8 Å². The number of anilines is 1. The van der Waals surface area contributed by atoms with Crippen molar-refractivity contribution in [2.24, 2.45) is 0 Å². The zero-order valence-electron chi connectivity index (χ0n) is 12.3. The number of nitrogens with zero attached hydrogens (tertiary/aromatic N) is 1. The summed E-state index contributed by atoms with van der Waals surface area (Å²) in [4.78, 5) is 23.5. The summed E-state index contributed by atoms with van der Waals surface area (Å²) < 4.78 is 30.8. The Balaban J connectivity index is 1.98. The smallest absolute Gasteiger partial charge is 0.340 e. The average Bonchev–Trinajstić information content (AvgIpc) is 2.56. The van der Waals surface area contributed by atoms with E-state index in [2.05, 4.69) is 5.32 Å². The maximum atomic E-state index is 13.1. The summed E-state index contributed by atoms with van der Waals surface area (Å²) in [6.45, 7) is -0.689. The molecule has 2 aromatic carbocycles. The Morgan fingerprint density at radius 3 is 2.44 bits per heavy atom. The van der Waals surface area contributed by atoms with E-state index >= 15 is 0 Å². The number of carbonyl (C=O) groups is 2. The Labute approximate surface area is 150 Å². The molecule has 0 radical (unpaired) electrons. The van der Waals surface area contributed by atoms with Gasteiger partial charge in [0.1, 0.15) is 6.07 Å². The first-order valence-electron chi connectivity index (χ1n) is 6.63. The highest BCUT2D eigenvalue weighted by atomic mass is 35.5. The highest BCUT2D eigenvalue weighted by Gasteiger charge is 2.17. The second-order valence-electron chi connectivity index (χ2n) is 4.68. The summed E-state index contributed by atoms with van der Waals surface area (Å²) in [7, 11) is 0. The van der Waals surface area contributed by atoms with Crippen molar-refractivity contribution in [1.82, 2.24) is 0 Å². The quantitative estimate of drug-likeness (QED) is 0.639. The molecule has 0 saturated heterocycles. The Morgan fingerprint density at radius 1 is 1.12 bits per heavy atom. The molecule has 1 N–H and O–H groups in total. The molecule has 0 spiro atoms. The Morgan fingerprint density at radius 2 is 1.80 bits per heavy atom. The molecule has 0 unspecified atom stereocenters. The number of rotatable bonds is 4. The van der Waals surface area contributed by atoms with Crippen LogP contribution >= 0.6 is 23.2 Å². The van der Waals surface area contributed by atoms with Crippen molar-refractivity contribution in [1.29, 1.82) is 5.26 Å². The molecule has 0 bridgehead atoms. The van der Waals surface area contributed by atoms with Gasteiger partial charge in [0.15, 0.2) is 18.2 Å². The van der Waals surface area contributed by atoms with E-state index in [0.717, 1.165) is 0 Å². The minimum Gasteiger partial charge on any atom is -0.452 e. The normalized spacial score (nSPS) is 10.0. The second kappa shape index (κ2) is 7.92. The fraction of sp³-hybridized carbons (Fsp3) is 0.0625. The van der Waals surface area contributed by atoms with Gasteiger partial charge in [-0.25, -0.2) is 13.6 Å². The maximum absolute atomic E-state index is 13.1. The van der Waals surface area contributed by atoms with Gasteiger partial charge in [-0.05, 0) is 30.3 Å². The molecule has 1 amide bonds. The predicted molar refractivity (Wildman–Crippen MR) is 86.4 cm³/mol. The number of halogens is 4. The second-order valence-corrected chi connectivity index (χ2v) is 5.49. The van der Waals surface area contributed by atoms with Crippen molar-refractivity contribution in [2.75, 3.05) is 11.9 Å².